The third-order valence-electron chi connectivity index (χ3n) is 6.53. The number of methoxy groups -OCH3 is 1. The summed E-state index contributed by atoms with van der Waals surface area (Å²) in [5.74, 6) is 2.34. The van der Waals surface area contributed by atoms with Crippen LogP contribution in [-0.2, 0) is 0 Å². The van der Waals surface area contributed by atoms with Gasteiger partial charge in [0.1, 0.15) is 5.75 Å². The summed E-state index contributed by atoms with van der Waals surface area (Å²) in [5, 5.41) is 0. The van der Waals surface area contributed by atoms with Gasteiger partial charge in [0.05, 0.1) is 7.11 Å². The van der Waals surface area contributed by atoms with Gasteiger partial charge in [-0.2, -0.15) is 0 Å². The van der Waals surface area contributed by atoms with Crippen molar-refractivity contribution >= 4 is 5.69 Å². The number of piperidine rings is 3. The first kappa shape index (κ1) is 15.2. The zero-order valence-electron chi connectivity index (χ0n) is 14.7. The van der Waals surface area contributed by atoms with Gasteiger partial charge in [-0.1, -0.05) is 18.2 Å². The number of anilines is 1. The smallest absolute Gasteiger partial charge is 0.122 e. The maximum atomic E-state index is 5.71. The van der Waals surface area contributed by atoms with Crippen LogP contribution in [0.25, 0.3) is 0 Å². The van der Waals surface area contributed by atoms with Crippen molar-refractivity contribution in [3.8, 4) is 5.75 Å². The van der Waals surface area contributed by atoms with Crippen LogP contribution in [0.4, 0.5) is 5.69 Å². The first-order valence-electron chi connectivity index (χ1n) is 9.40. The van der Waals surface area contributed by atoms with E-state index in [1.165, 1.54) is 37.2 Å². The van der Waals surface area contributed by atoms with Gasteiger partial charge in [0.25, 0.3) is 0 Å². The lowest BCUT2D eigenvalue weighted by molar-refractivity contribution is 0.0353. The SMILES string of the molecule is COc1ccccc1[C@H]1CN(c2ccncc2)[C@@H]2C3CCN(CC3)[C@H]12. The second-order valence-electron chi connectivity index (χ2n) is 7.56. The summed E-state index contributed by atoms with van der Waals surface area (Å²) in [5.41, 5.74) is 2.68. The van der Waals surface area contributed by atoms with Crippen molar-refractivity contribution < 1.29 is 4.74 Å². The number of pyridine rings is 1. The standard InChI is InChI=1S/C21H25N3O/c1-25-19-5-3-2-4-17(19)18-14-24(16-6-10-22-11-7-16)20-15-8-12-23(13-9-15)21(18)20/h2-7,10-11,15,18,20-21H,8-9,12-14H2,1H3/t18-,20-,21-/m1/s1. The minimum absolute atomic E-state index is 0.498. The number of hydrogen-bond acceptors (Lipinski definition) is 4. The van der Waals surface area contributed by atoms with Crippen molar-refractivity contribution in [2.75, 3.05) is 31.6 Å². The fraction of sp³-hybridized carbons (Fsp3) is 0.476. The van der Waals surface area contributed by atoms with Crippen LogP contribution in [0.5, 0.6) is 5.75 Å². The summed E-state index contributed by atoms with van der Waals surface area (Å²) in [6, 6.07) is 14.1. The number of rotatable bonds is 3. The molecule has 6 rings (SSSR count). The van der Waals surface area contributed by atoms with Crippen LogP contribution < -0.4 is 9.64 Å². The first-order chi connectivity index (χ1) is 12.4. The van der Waals surface area contributed by atoms with Gasteiger partial charge in [-0.05, 0) is 50.0 Å². The van der Waals surface area contributed by atoms with Gasteiger partial charge in [-0.25, -0.2) is 0 Å². The number of nitrogens with zero attached hydrogens (tertiary/aromatic N) is 3. The number of hydrogen-bond donors (Lipinski definition) is 0. The highest BCUT2D eigenvalue weighted by Gasteiger charge is 2.53. The number of aromatic nitrogens is 1. The highest BCUT2D eigenvalue weighted by molar-refractivity contribution is 5.52. The normalized spacial score (nSPS) is 33.3. The minimum Gasteiger partial charge on any atom is -0.496 e. The molecule has 0 aliphatic carbocycles. The van der Waals surface area contributed by atoms with Gasteiger partial charge in [-0.3, -0.25) is 9.88 Å². The predicted octanol–water partition coefficient (Wildman–Crippen LogP) is 3.16. The third-order valence-corrected chi connectivity index (χ3v) is 6.53. The average molecular weight is 335 g/mol. The van der Waals surface area contributed by atoms with E-state index in [-0.39, 0.29) is 0 Å². The number of benzene rings is 1. The molecule has 3 atom stereocenters. The first-order valence-corrected chi connectivity index (χ1v) is 9.40. The average Bonchev–Trinajstić information content (AvgIpc) is 3.12. The molecule has 4 fully saturated rings. The molecule has 130 valence electrons. The van der Waals surface area contributed by atoms with Crippen LogP contribution in [0.15, 0.2) is 48.8 Å². The molecule has 4 saturated heterocycles. The second-order valence-corrected chi connectivity index (χ2v) is 7.56. The molecule has 0 amide bonds. The molecule has 0 N–H and O–H groups in total. The second kappa shape index (κ2) is 6.03. The zero-order valence-corrected chi connectivity index (χ0v) is 14.7. The lowest BCUT2D eigenvalue weighted by Crippen LogP contribution is -2.60. The van der Waals surface area contributed by atoms with E-state index < -0.39 is 0 Å². The lowest BCUT2D eigenvalue weighted by atomic mass is 9.75. The van der Waals surface area contributed by atoms with Crippen molar-refractivity contribution in [2.24, 2.45) is 5.92 Å². The van der Waals surface area contributed by atoms with E-state index >= 15 is 0 Å². The van der Waals surface area contributed by atoms with Gasteiger partial charge in [-0.15, -0.1) is 0 Å². The van der Waals surface area contributed by atoms with Gasteiger partial charge < -0.3 is 9.64 Å². The maximum absolute atomic E-state index is 5.71. The van der Waals surface area contributed by atoms with E-state index in [1.807, 2.05) is 12.4 Å². The molecular weight excluding hydrogens is 310 g/mol. The number of para-hydroxylation sites is 1. The number of fused-ring (bicyclic) bond motifs is 2. The summed E-state index contributed by atoms with van der Waals surface area (Å²) in [6.45, 7) is 3.57. The van der Waals surface area contributed by atoms with Crippen LogP contribution in [0.1, 0.15) is 24.3 Å². The van der Waals surface area contributed by atoms with Gasteiger partial charge in [0, 0.05) is 48.2 Å². The molecule has 25 heavy (non-hydrogen) atoms. The Hall–Kier alpha value is -2.07. The van der Waals surface area contributed by atoms with Gasteiger partial charge in [0.2, 0.25) is 0 Å². The molecular formula is C21H25N3O. The Bertz CT molecular complexity index is 742. The summed E-state index contributed by atoms with van der Waals surface area (Å²) in [4.78, 5) is 9.61. The largest absolute Gasteiger partial charge is 0.496 e. The Labute approximate surface area is 149 Å². The molecule has 5 heterocycles. The van der Waals surface area contributed by atoms with Crippen molar-refractivity contribution in [1.29, 1.82) is 0 Å². The van der Waals surface area contributed by atoms with Crippen LogP contribution >= 0.6 is 0 Å². The fourth-order valence-electron chi connectivity index (χ4n) is 5.50. The number of ether oxygens (including phenoxy) is 1. The Kier molecular flexibility index (Phi) is 3.66. The molecule has 4 aliphatic rings. The monoisotopic (exact) mass is 335 g/mol. The van der Waals surface area contributed by atoms with Crippen LogP contribution in [-0.4, -0.2) is 48.7 Å². The quantitative estimate of drug-likeness (QED) is 0.861. The Morgan fingerprint density at radius 1 is 1.00 bits per heavy atom. The van der Waals surface area contributed by atoms with E-state index in [0.717, 1.165) is 18.2 Å². The van der Waals surface area contributed by atoms with Crippen LogP contribution in [0.2, 0.25) is 0 Å². The van der Waals surface area contributed by atoms with Crippen molar-refractivity contribution in [3.05, 3.63) is 54.4 Å². The van der Waals surface area contributed by atoms with Gasteiger partial charge in [0.15, 0.2) is 0 Å². The van der Waals surface area contributed by atoms with Crippen LogP contribution in [0.3, 0.4) is 0 Å². The van der Waals surface area contributed by atoms with E-state index in [1.54, 1.807) is 7.11 Å². The third kappa shape index (κ3) is 2.35. The zero-order chi connectivity index (χ0) is 16.8. The molecule has 0 spiro atoms. The van der Waals surface area contributed by atoms with E-state index in [0.29, 0.717) is 18.0 Å². The molecule has 0 radical (unpaired) electrons. The summed E-state index contributed by atoms with van der Waals surface area (Å²) >= 11 is 0. The summed E-state index contributed by atoms with van der Waals surface area (Å²) < 4.78 is 5.71. The summed E-state index contributed by atoms with van der Waals surface area (Å²) in [6.07, 6.45) is 6.51. The van der Waals surface area contributed by atoms with Gasteiger partial charge >= 0.3 is 0 Å². The maximum Gasteiger partial charge on any atom is 0.122 e. The van der Waals surface area contributed by atoms with Crippen molar-refractivity contribution in [2.45, 2.75) is 30.8 Å². The lowest BCUT2D eigenvalue weighted by Gasteiger charge is -2.51. The van der Waals surface area contributed by atoms with Crippen LogP contribution in [0, 0.1) is 5.92 Å². The predicted molar refractivity (Wildman–Crippen MR) is 99.2 cm³/mol. The van der Waals surface area contributed by atoms with E-state index in [2.05, 4.69) is 51.2 Å². The molecule has 4 nitrogen and oxygen atoms in total. The van der Waals surface area contributed by atoms with Crippen molar-refractivity contribution in [3.63, 3.8) is 0 Å². The molecule has 4 aliphatic heterocycles. The topological polar surface area (TPSA) is 28.6 Å². The molecule has 2 aromatic rings. The molecule has 4 heteroatoms. The van der Waals surface area contributed by atoms with Crippen molar-refractivity contribution in [1.82, 2.24) is 9.88 Å². The molecule has 2 bridgehead atoms. The van der Waals surface area contributed by atoms with E-state index in [4.69, 9.17) is 4.74 Å². The minimum atomic E-state index is 0.498. The molecule has 0 unspecified atom stereocenters. The molecule has 1 aromatic carbocycles. The Morgan fingerprint density at radius 2 is 1.76 bits per heavy atom. The fourth-order valence-corrected chi connectivity index (χ4v) is 5.50. The molecule has 1 aromatic heterocycles. The highest BCUT2D eigenvalue weighted by Crippen LogP contribution is 2.49. The highest BCUT2D eigenvalue weighted by atomic mass is 16.5. The summed E-state index contributed by atoms with van der Waals surface area (Å²) in [7, 11) is 1.79. The Balaban J connectivity index is 1.58. The van der Waals surface area contributed by atoms with E-state index in [9.17, 15) is 0 Å². The Morgan fingerprint density at radius 3 is 2.52 bits per heavy atom. The molecule has 0 saturated carbocycles.